The van der Waals surface area contributed by atoms with E-state index in [2.05, 4.69) is 5.16 Å². The van der Waals surface area contributed by atoms with Crippen LogP contribution in [0.15, 0.2) is 29.4 Å². The molecule has 0 radical (unpaired) electrons. The zero-order chi connectivity index (χ0) is 14.4. The van der Waals surface area contributed by atoms with Gasteiger partial charge in [-0.25, -0.2) is 0 Å². The van der Waals surface area contributed by atoms with E-state index in [1.54, 1.807) is 7.11 Å². The Morgan fingerprint density at radius 2 is 2.00 bits per heavy atom. The maximum atomic E-state index is 8.61. The molecule has 1 fully saturated rings. The van der Waals surface area contributed by atoms with E-state index >= 15 is 0 Å². The van der Waals surface area contributed by atoms with E-state index in [9.17, 15) is 0 Å². The molecule has 0 aromatic heterocycles. The summed E-state index contributed by atoms with van der Waals surface area (Å²) in [5.41, 5.74) is 7.31. The largest absolute Gasteiger partial charge is 0.409 e. The third-order valence-electron chi connectivity index (χ3n) is 3.75. The Morgan fingerprint density at radius 1 is 1.30 bits per heavy atom. The molecule has 1 aromatic carbocycles. The second-order valence-electron chi connectivity index (χ2n) is 5.14. The van der Waals surface area contributed by atoms with E-state index in [-0.39, 0.29) is 11.9 Å². The smallest absolute Gasteiger partial charge is 0.170 e. The predicted octanol–water partition coefficient (Wildman–Crippen LogP) is 2.26. The molecule has 1 aliphatic rings. The van der Waals surface area contributed by atoms with Crippen molar-refractivity contribution in [3.63, 3.8) is 0 Å². The second kappa shape index (κ2) is 7.26. The number of hydrogen-bond acceptors (Lipinski definition) is 4. The lowest BCUT2D eigenvalue weighted by molar-refractivity contribution is -0.0363. The lowest BCUT2D eigenvalue weighted by atomic mass is 9.95. The van der Waals surface area contributed by atoms with Gasteiger partial charge in [-0.2, -0.15) is 0 Å². The van der Waals surface area contributed by atoms with Gasteiger partial charge in [0.2, 0.25) is 0 Å². The van der Waals surface area contributed by atoms with Gasteiger partial charge in [0, 0.05) is 12.7 Å². The van der Waals surface area contributed by atoms with Crippen molar-refractivity contribution in [3.05, 3.63) is 35.4 Å². The highest BCUT2D eigenvalue weighted by atomic mass is 16.5. The summed E-state index contributed by atoms with van der Waals surface area (Å²) in [6.45, 7) is 0.581. The number of nitrogens with zero attached hydrogens (tertiary/aromatic N) is 1. The van der Waals surface area contributed by atoms with Crippen LogP contribution in [-0.2, 0) is 16.1 Å². The molecule has 0 saturated heterocycles. The molecule has 1 saturated carbocycles. The lowest BCUT2D eigenvalue weighted by Crippen LogP contribution is -2.27. The highest BCUT2D eigenvalue weighted by Crippen LogP contribution is 2.23. The van der Waals surface area contributed by atoms with Crippen molar-refractivity contribution in [2.75, 3.05) is 7.11 Å². The van der Waals surface area contributed by atoms with Gasteiger partial charge in [0.25, 0.3) is 0 Å². The molecule has 20 heavy (non-hydrogen) atoms. The minimum absolute atomic E-state index is 0.118. The van der Waals surface area contributed by atoms with Crippen molar-refractivity contribution in [2.24, 2.45) is 10.9 Å². The topological polar surface area (TPSA) is 77.1 Å². The van der Waals surface area contributed by atoms with Crippen molar-refractivity contribution in [3.8, 4) is 0 Å². The Balaban J connectivity index is 1.84. The van der Waals surface area contributed by atoms with E-state index in [0.717, 1.165) is 31.2 Å². The minimum atomic E-state index is 0.118. The zero-order valence-corrected chi connectivity index (χ0v) is 11.8. The Hall–Kier alpha value is -1.59. The van der Waals surface area contributed by atoms with Crippen LogP contribution in [0, 0.1) is 0 Å². The monoisotopic (exact) mass is 278 g/mol. The van der Waals surface area contributed by atoms with Gasteiger partial charge in [0.15, 0.2) is 5.84 Å². The van der Waals surface area contributed by atoms with Gasteiger partial charge >= 0.3 is 0 Å². The average molecular weight is 278 g/mol. The Bertz CT molecular complexity index is 445. The SMILES string of the molecule is COC1CCCC(OCc2ccc(C(N)=NO)cc2)C1. The van der Waals surface area contributed by atoms with Gasteiger partial charge in [-0.1, -0.05) is 29.4 Å². The lowest BCUT2D eigenvalue weighted by Gasteiger charge is -2.28. The van der Waals surface area contributed by atoms with Gasteiger partial charge in [0.05, 0.1) is 18.8 Å². The molecule has 2 unspecified atom stereocenters. The molecule has 1 aliphatic carbocycles. The van der Waals surface area contributed by atoms with Crippen LogP contribution in [0.4, 0.5) is 0 Å². The molecule has 0 heterocycles. The highest BCUT2D eigenvalue weighted by molar-refractivity contribution is 5.96. The maximum absolute atomic E-state index is 8.61. The molecule has 0 spiro atoms. The maximum Gasteiger partial charge on any atom is 0.170 e. The van der Waals surface area contributed by atoms with E-state index < -0.39 is 0 Å². The summed E-state index contributed by atoms with van der Waals surface area (Å²) in [7, 11) is 1.76. The highest BCUT2D eigenvalue weighted by Gasteiger charge is 2.22. The number of amidine groups is 1. The van der Waals surface area contributed by atoms with Gasteiger partial charge in [-0.15, -0.1) is 0 Å². The Labute approximate surface area is 119 Å². The summed E-state index contributed by atoms with van der Waals surface area (Å²) in [6, 6.07) is 7.52. The van der Waals surface area contributed by atoms with Crippen LogP contribution in [0.5, 0.6) is 0 Å². The van der Waals surface area contributed by atoms with Crippen LogP contribution < -0.4 is 5.73 Å². The van der Waals surface area contributed by atoms with Crippen molar-refractivity contribution < 1.29 is 14.7 Å². The average Bonchev–Trinajstić information content (AvgIpc) is 2.53. The molecule has 1 aromatic rings. The normalized spacial score (nSPS) is 23.8. The van der Waals surface area contributed by atoms with Crippen LogP contribution >= 0.6 is 0 Å². The Kier molecular flexibility index (Phi) is 5.38. The first kappa shape index (κ1) is 14.8. The number of nitrogens with two attached hydrogens (primary N) is 1. The van der Waals surface area contributed by atoms with E-state index in [4.69, 9.17) is 20.4 Å². The molecule has 0 amide bonds. The minimum Gasteiger partial charge on any atom is -0.409 e. The zero-order valence-electron chi connectivity index (χ0n) is 11.8. The summed E-state index contributed by atoms with van der Waals surface area (Å²) >= 11 is 0. The molecular formula is C15H22N2O3. The van der Waals surface area contributed by atoms with Gasteiger partial charge in [0.1, 0.15) is 0 Å². The third-order valence-corrected chi connectivity index (χ3v) is 3.75. The molecule has 110 valence electrons. The van der Waals surface area contributed by atoms with Crippen molar-refractivity contribution in [1.29, 1.82) is 0 Å². The summed E-state index contributed by atoms with van der Waals surface area (Å²) in [4.78, 5) is 0. The fourth-order valence-electron chi connectivity index (χ4n) is 2.51. The Morgan fingerprint density at radius 3 is 2.65 bits per heavy atom. The summed E-state index contributed by atoms with van der Waals surface area (Å²) in [5.74, 6) is 0.118. The van der Waals surface area contributed by atoms with Gasteiger partial charge in [-0.05, 0) is 31.2 Å². The van der Waals surface area contributed by atoms with E-state index in [1.807, 2.05) is 24.3 Å². The fraction of sp³-hybridized carbons (Fsp3) is 0.533. The number of benzene rings is 1. The van der Waals surface area contributed by atoms with Crippen molar-refractivity contribution in [2.45, 2.75) is 44.5 Å². The molecule has 0 aliphatic heterocycles. The second-order valence-corrected chi connectivity index (χ2v) is 5.14. The molecule has 2 rings (SSSR count). The van der Waals surface area contributed by atoms with Gasteiger partial charge < -0.3 is 20.4 Å². The third kappa shape index (κ3) is 3.95. The summed E-state index contributed by atoms with van der Waals surface area (Å²) < 4.78 is 11.3. The number of methoxy groups -OCH3 is 1. The van der Waals surface area contributed by atoms with Crippen LogP contribution in [0.2, 0.25) is 0 Å². The summed E-state index contributed by atoms with van der Waals surface area (Å²) in [5, 5.41) is 11.6. The first-order valence-corrected chi connectivity index (χ1v) is 6.94. The fourth-order valence-corrected chi connectivity index (χ4v) is 2.51. The van der Waals surface area contributed by atoms with Crippen LogP contribution in [0.3, 0.4) is 0 Å². The van der Waals surface area contributed by atoms with Crippen molar-refractivity contribution in [1.82, 2.24) is 0 Å². The standard InChI is InChI=1S/C15H22N2O3/c1-19-13-3-2-4-14(9-13)20-10-11-5-7-12(8-6-11)15(16)17-18/h5-8,13-14,18H,2-4,9-10H2,1H3,(H2,16,17). The first-order valence-electron chi connectivity index (χ1n) is 6.94. The summed E-state index contributed by atoms with van der Waals surface area (Å²) in [6.07, 6.45) is 4.96. The number of oxime groups is 1. The molecule has 0 bridgehead atoms. The number of rotatable bonds is 5. The number of hydrogen-bond donors (Lipinski definition) is 2. The first-order chi connectivity index (χ1) is 9.72. The molecule has 5 nitrogen and oxygen atoms in total. The van der Waals surface area contributed by atoms with Crippen LogP contribution in [0.25, 0.3) is 0 Å². The molecule has 2 atom stereocenters. The van der Waals surface area contributed by atoms with E-state index in [0.29, 0.717) is 18.3 Å². The van der Waals surface area contributed by atoms with Gasteiger partial charge in [-0.3, -0.25) is 0 Å². The quantitative estimate of drug-likeness (QED) is 0.375. The molecular weight excluding hydrogens is 256 g/mol. The predicted molar refractivity (Wildman–Crippen MR) is 76.8 cm³/mol. The van der Waals surface area contributed by atoms with Crippen LogP contribution in [-0.4, -0.2) is 30.4 Å². The van der Waals surface area contributed by atoms with Crippen LogP contribution in [0.1, 0.15) is 36.8 Å². The van der Waals surface area contributed by atoms with Crippen molar-refractivity contribution >= 4 is 5.84 Å². The molecule has 3 N–H and O–H groups in total. The van der Waals surface area contributed by atoms with E-state index in [1.165, 1.54) is 0 Å². The number of ether oxygens (including phenoxy) is 2. The molecule has 5 heteroatoms.